The molecular formula is C14H13ClN2OS. The van der Waals surface area contributed by atoms with E-state index in [9.17, 15) is 5.26 Å². The lowest BCUT2D eigenvalue weighted by atomic mass is 10.1. The highest BCUT2D eigenvalue weighted by atomic mass is 35.5. The standard InChI is InChI=1S/C14H13ClN2OS/c1-18-14-5-4-10(7-12(14)15)13(8-16)17-9-11-3-2-6-19-11/h2-7,13,17H,9H2,1H3. The number of thiophene rings is 1. The summed E-state index contributed by atoms with van der Waals surface area (Å²) in [4.78, 5) is 1.19. The molecule has 1 atom stereocenters. The molecule has 0 amide bonds. The van der Waals surface area contributed by atoms with Crippen LogP contribution < -0.4 is 10.1 Å². The summed E-state index contributed by atoms with van der Waals surface area (Å²) < 4.78 is 5.10. The Balaban J connectivity index is 2.09. The number of halogens is 1. The number of nitrogens with zero attached hydrogens (tertiary/aromatic N) is 1. The lowest BCUT2D eigenvalue weighted by molar-refractivity contribution is 0.414. The Morgan fingerprint density at radius 1 is 1.47 bits per heavy atom. The first-order chi connectivity index (χ1) is 9.24. The molecule has 0 bridgehead atoms. The van der Waals surface area contributed by atoms with Gasteiger partial charge in [0.2, 0.25) is 0 Å². The fourth-order valence-electron chi connectivity index (χ4n) is 1.72. The summed E-state index contributed by atoms with van der Waals surface area (Å²) in [5.41, 5.74) is 0.838. The van der Waals surface area contributed by atoms with Crippen molar-refractivity contribution in [3.8, 4) is 11.8 Å². The molecule has 0 saturated carbocycles. The van der Waals surface area contributed by atoms with Gasteiger partial charge in [0.05, 0.1) is 18.2 Å². The number of hydrogen-bond donors (Lipinski definition) is 1. The molecule has 1 aromatic carbocycles. The Morgan fingerprint density at radius 2 is 2.32 bits per heavy atom. The van der Waals surface area contributed by atoms with Gasteiger partial charge in [0.25, 0.3) is 0 Å². The molecule has 0 radical (unpaired) electrons. The minimum Gasteiger partial charge on any atom is -0.495 e. The highest BCUT2D eigenvalue weighted by Crippen LogP contribution is 2.27. The van der Waals surface area contributed by atoms with Crippen molar-refractivity contribution < 1.29 is 4.74 Å². The van der Waals surface area contributed by atoms with E-state index in [1.54, 1.807) is 30.6 Å². The van der Waals surface area contributed by atoms with Gasteiger partial charge in [0.15, 0.2) is 0 Å². The van der Waals surface area contributed by atoms with Crippen molar-refractivity contribution >= 4 is 22.9 Å². The van der Waals surface area contributed by atoms with E-state index in [1.807, 2.05) is 23.6 Å². The lowest BCUT2D eigenvalue weighted by Gasteiger charge is -2.12. The molecule has 1 N–H and O–H groups in total. The van der Waals surface area contributed by atoms with Crippen LogP contribution in [0.5, 0.6) is 5.75 Å². The molecule has 1 unspecified atom stereocenters. The number of methoxy groups -OCH3 is 1. The van der Waals surface area contributed by atoms with E-state index in [0.717, 1.165) is 5.56 Å². The van der Waals surface area contributed by atoms with Crippen LogP contribution in [0, 0.1) is 11.3 Å². The van der Waals surface area contributed by atoms with E-state index in [0.29, 0.717) is 17.3 Å². The Bertz CT molecular complexity index is 578. The number of nitrogens with one attached hydrogen (secondary N) is 1. The Kier molecular flexibility index (Phi) is 4.80. The minimum atomic E-state index is -0.384. The monoisotopic (exact) mass is 292 g/mol. The van der Waals surface area contributed by atoms with Crippen LogP contribution in [0.4, 0.5) is 0 Å². The second kappa shape index (κ2) is 6.58. The Labute approximate surface area is 121 Å². The van der Waals surface area contributed by atoms with E-state index < -0.39 is 0 Å². The van der Waals surface area contributed by atoms with Crippen LogP contribution in [0.1, 0.15) is 16.5 Å². The summed E-state index contributed by atoms with van der Waals surface area (Å²) in [5, 5.41) is 15.0. The van der Waals surface area contributed by atoms with Crippen molar-refractivity contribution in [1.82, 2.24) is 5.32 Å². The SMILES string of the molecule is COc1ccc(C(C#N)NCc2cccs2)cc1Cl. The highest BCUT2D eigenvalue weighted by molar-refractivity contribution is 7.09. The molecule has 0 spiro atoms. The predicted molar refractivity (Wildman–Crippen MR) is 77.5 cm³/mol. The largest absolute Gasteiger partial charge is 0.495 e. The van der Waals surface area contributed by atoms with Crippen LogP contribution >= 0.6 is 22.9 Å². The smallest absolute Gasteiger partial charge is 0.137 e. The first-order valence-corrected chi connectivity index (χ1v) is 6.99. The van der Waals surface area contributed by atoms with Crippen LogP contribution in [0.15, 0.2) is 35.7 Å². The third kappa shape index (κ3) is 3.48. The molecule has 0 aliphatic rings. The van der Waals surface area contributed by atoms with Gasteiger partial charge < -0.3 is 4.74 Å². The fraction of sp³-hybridized carbons (Fsp3) is 0.214. The molecular weight excluding hydrogens is 280 g/mol. The molecule has 0 saturated heterocycles. The first-order valence-electron chi connectivity index (χ1n) is 5.73. The topological polar surface area (TPSA) is 45.0 Å². The zero-order valence-corrected chi connectivity index (χ0v) is 12.0. The van der Waals surface area contributed by atoms with Crippen molar-refractivity contribution in [1.29, 1.82) is 5.26 Å². The molecule has 2 rings (SSSR count). The van der Waals surface area contributed by atoms with Crippen molar-refractivity contribution in [2.45, 2.75) is 12.6 Å². The number of hydrogen-bond acceptors (Lipinski definition) is 4. The Hall–Kier alpha value is -1.54. The normalized spacial score (nSPS) is 11.8. The van der Waals surface area contributed by atoms with Gasteiger partial charge in [0.1, 0.15) is 11.8 Å². The van der Waals surface area contributed by atoms with Crippen LogP contribution in [-0.4, -0.2) is 7.11 Å². The average Bonchev–Trinajstić information content (AvgIpc) is 2.93. The van der Waals surface area contributed by atoms with Gasteiger partial charge in [-0.25, -0.2) is 0 Å². The van der Waals surface area contributed by atoms with Crippen molar-refractivity contribution in [2.75, 3.05) is 7.11 Å². The molecule has 1 aromatic heterocycles. The van der Waals surface area contributed by atoms with E-state index in [-0.39, 0.29) is 6.04 Å². The molecule has 5 heteroatoms. The highest BCUT2D eigenvalue weighted by Gasteiger charge is 2.12. The second-order valence-corrected chi connectivity index (χ2v) is 5.36. The zero-order chi connectivity index (χ0) is 13.7. The summed E-state index contributed by atoms with van der Waals surface area (Å²) in [6.07, 6.45) is 0. The Morgan fingerprint density at radius 3 is 2.89 bits per heavy atom. The summed E-state index contributed by atoms with van der Waals surface area (Å²) in [7, 11) is 1.57. The van der Waals surface area contributed by atoms with E-state index in [1.165, 1.54) is 4.88 Å². The molecule has 0 aliphatic carbocycles. The molecule has 98 valence electrons. The minimum absolute atomic E-state index is 0.384. The lowest BCUT2D eigenvalue weighted by Crippen LogP contribution is -2.18. The van der Waals surface area contributed by atoms with Gasteiger partial charge in [-0.15, -0.1) is 11.3 Å². The van der Waals surface area contributed by atoms with Gasteiger partial charge in [0, 0.05) is 11.4 Å². The van der Waals surface area contributed by atoms with E-state index in [4.69, 9.17) is 16.3 Å². The van der Waals surface area contributed by atoms with Gasteiger partial charge in [-0.3, -0.25) is 5.32 Å². The molecule has 2 aromatic rings. The van der Waals surface area contributed by atoms with E-state index >= 15 is 0 Å². The predicted octanol–water partition coefficient (Wildman–Crippen LogP) is 3.76. The maximum atomic E-state index is 9.24. The van der Waals surface area contributed by atoms with Gasteiger partial charge >= 0.3 is 0 Å². The molecule has 1 heterocycles. The molecule has 0 fully saturated rings. The fourth-order valence-corrected chi connectivity index (χ4v) is 2.64. The average molecular weight is 293 g/mol. The van der Waals surface area contributed by atoms with Gasteiger partial charge in [-0.05, 0) is 29.1 Å². The van der Waals surface area contributed by atoms with Gasteiger partial charge in [-0.1, -0.05) is 23.7 Å². The number of benzene rings is 1. The maximum absolute atomic E-state index is 9.24. The summed E-state index contributed by atoms with van der Waals surface area (Å²) in [6, 6.07) is 11.3. The third-order valence-electron chi connectivity index (χ3n) is 2.70. The zero-order valence-electron chi connectivity index (χ0n) is 10.4. The number of rotatable bonds is 5. The van der Waals surface area contributed by atoms with Crippen LogP contribution in [0.2, 0.25) is 5.02 Å². The van der Waals surface area contributed by atoms with E-state index in [2.05, 4.69) is 11.4 Å². The van der Waals surface area contributed by atoms with Crippen molar-refractivity contribution in [3.63, 3.8) is 0 Å². The number of nitriles is 1. The summed E-state index contributed by atoms with van der Waals surface area (Å²) >= 11 is 7.73. The van der Waals surface area contributed by atoms with Crippen LogP contribution in [-0.2, 0) is 6.54 Å². The molecule has 0 aliphatic heterocycles. The second-order valence-electron chi connectivity index (χ2n) is 3.92. The molecule has 3 nitrogen and oxygen atoms in total. The summed E-state index contributed by atoms with van der Waals surface area (Å²) in [6.45, 7) is 0.666. The van der Waals surface area contributed by atoms with Crippen LogP contribution in [0.25, 0.3) is 0 Å². The van der Waals surface area contributed by atoms with Gasteiger partial charge in [-0.2, -0.15) is 5.26 Å². The maximum Gasteiger partial charge on any atom is 0.137 e. The first kappa shape index (κ1) is 13.9. The number of ether oxygens (including phenoxy) is 1. The van der Waals surface area contributed by atoms with Crippen molar-refractivity contribution in [2.24, 2.45) is 0 Å². The molecule has 19 heavy (non-hydrogen) atoms. The summed E-state index contributed by atoms with van der Waals surface area (Å²) in [5.74, 6) is 0.611. The van der Waals surface area contributed by atoms with Crippen LogP contribution in [0.3, 0.4) is 0 Å². The van der Waals surface area contributed by atoms with Crippen molar-refractivity contribution in [3.05, 3.63) is 51.2 Å². The quantitative estimate of drug-likeness (QED) is 0.912. The third-order valence-corrected chi connectivity index (χ3v) is 3.87.